The predicted molar refractivity (Wildman–Crippen MR) is 84.7 cm³/mol. The van der Waals surface area contributed by atoms with Crippen LogP contribution in [0.4, 0.5) is 5.69 Å². The van der Waals surface area contributed by atoms with Gasteiger partial charge in [-0.15, -0.1) is 0 Å². The molecule has 0 saturated carbocycles. The molecule has 20 heavy (non-hydrogen) atoms. The highest BCUT2D eigenvalue weighted by atomic mass is 14.6. The zero-order valence-electron chi connectivity index (χ0n) is 11.7. The van der Waals surface area contributed by atoms with Crippen LogP contribution in [0.15, 0.2) is 36.4 Å². The Morgan fingerprint density at radius 2 is 1.85 bits per heavy atom. The molecule has 0 fully saturated rings. The first kappa shape index (κ1) is 12.5. The summed E-state index contributed by atoms with van der Waals surface area (Å²) in [4.78, 5) is 0. The molecule has 0 saturated heterocycles. The summed E-state index contributed by atoms with van der Waals surface area (Å²) in [6.45, 7) is 4.11. The lowest BCUT2D eigenvalue weighted by Crippen LogP contribution is -2.01. The van der Waals surface area contributed by atoms with Gasteiger partial charge in [0.25, 0.3) is 0 Å². The van der Waals surface area contributed by atoms with E-state index in [-0.39, 0.29) is 0 Å². The van der Waals surface area contributed by atoms with Crippen LogP contribution in [0.25, 0.3) is 21.5 Å². The number of benzene rings is 3. The van der Waals surface area contributed by atoms with Crippen LogP contribution in [0, 0.1) is 18.3 Å². The molecule has 0 atom stereocenters. The fourth-order valence-corrected chi connectivity index (χ4v) is 3.09. The molecule has 3 rings (SSSR count). The van der Waals surface area contributed by atoms with Gasteiger partial charge in [0.1, 0.15) is 6.07 Å². The Morgan fingerprint density at radius 3 is 2.55 bits per heavy atom. The molecule has 3 aromatic carbocycles. The highest BCUT2D eigenvalue weighted by molar-refractivity contribution is 6.15. The van der Waals surface area contributed by atoms with E-state index in [0.717, 1.165) is 28.1 Å². The molecule has 2 N–H and O–H groups in total. The second-order valence-corrected chi connectivity index (χ2v) is 5.07. The van der Waals surface area contributed by atoms with Gasteiger partial charge in [-0.3, -0.25) is 0 Å². The number of nitrogens with two attached hydrogens (primary N) is 1. The predicted octanol–water partition coefficient (Wildman–Crippen LogP) is 4.32. The van der Waals surface area contributed by atoms with Gasteiger partial charge < -0.3 is 5.73 Å². The average Bonchev–Trinajstić information content (AvgIpc) is 2.47. The summed E-state index contributed by atoms with van der Waals surface area (Å²) >= 11 is 0. The number of nitrogens with zero attached hydrogens (tertiary/aromatic N) is 1. The van der Waals surface area contributed by atoms with Crippen LogP contribution in [-0.4, -0.2) is 0 Å². The summed E-state index contributed by atoms with van der Waals surface area (Å²) in [5.41, 5.74) is 9.75. The average molecular weight is 260 g/mol. The van der Waals surface area contributed by atoms with Crippen LogP contribution >= 0.6 is 0 Å². The van der Waals surface area contributed by atoms with E-state index in [2.05, 4.69) is 37.3 Å². The minimum atomic E-state index is 0.606. The summed E-state index contributed by atoms with van der Waals surface area (Å²) in [6, 6.07) is 14.7. The number of hydrogen-bond donors (Lipinski definition) is 1. The topological polar surface area (TPSA) is 49.8 Å². The van der Waals surface area contributed by atoms with Crippen molar-refractivity contribution in [2.24, 2.45) is 0 Å². The minimum Gasteiger partial charge on any atom is -0.397 e. The minimum absolute atomic E-state index is 0.606. The maximum atomic E-state index is 9.42. The fourth-order valence-electron chi connectivity index (χ4n) is 3.09. The maximum absolute atomic E-state index is 9.42. The molecule has 0 radical (unpaired) electrons. The van der Waals surface area contributed by atoms with Crippen LogP contribution in [0.1, 0.15) is 23.6 Å². The Hall–Kier alpha value is -2.53. The van der Waals surface area contributed by atoms with Crippen molar-refractivity contribution >= 4 is 27.2 Å². The van der Waals surface area contributed by atoms with E-state index in [1.54, 1.807) is 0 Å². The Bertz CT molecular complexity index is 870. The highest BCUT2D eigenvalue weighted by Crippen LogP contribution is 2.36. The van der Waals surface area contributed by atoms with Gasteiger partial charge in [0.15, 0.2) is 0 Å². The molecule has 0 bridgehead atoms. The zero-order valence-corrected chi connectivity index (χ0v) is 11.7. The first-order valence-corrected chi connectivity index (χ1v) is 6.81. The number of hydrogen-bond acceptors (Lipinski definition) is 2. The van der Waals surface area contributed by atoms with Crippen LogP contribution in [0.5, 0.6) is 0 Å². The van der Waals surface area contributed by atoms with E-state index in [9.17, 15) is 5.26 Å². The Labute approximate surface area is 118 Å². The largest absolute Gasteiger partial charge is 0.397 e. The van der Waals surface area contributed by atoms with Gasteiger partial charge in [-0.25, -0.2) is 0 Å². The molecule has 3 aromatic rings. The quantitative estimate of drug-likeness (QED) is 0.523. The Morgan fingerprint density at radius 1 is 1.10 bits per heavy atom. The van der Waals surface area contributed by atoms with Gasteiger partial charge in [0.2, 0.25) is 0 Å². The van der Waals surface area contributed by atoms with Crippen LogP contribution in [-0.2, 0) is 6.42 Å². The third-order valence-corrected chi connectivity index (χ3v) is 4.09. The standard InChI is InChI=1S/C18H16N2/c1-3-13-11(2)16(10-19)18(20)17-14-7-5-4-6-12(14)8-9-15(13)17/h4-9H,3,20H2,1-2H3. The maximum Gasteiger partial charge on any atom is 0.102 e. The number of nitriles is 1. The van der Waals surface area contributed by atoms with E-state index >= 15 is 0 Å². The lowest BCUT2D eigenvalue weighted by Gasteiger charge is -2.15. The highest BCUT2D eigenvalue weighted by Gasteiger charge is 2.15. The van der Waals surface area contributed by atoms with Gasteiger partial charge in [0.05, 0.1) is 11.3 Å². The molecular formula is C18H16N2. The molecule has 0 aliphatic rings. The van der Waals surface area contributed by atoms with Gasteiger partial charge >= 0.3 is 0 Å². The normalized spacial score (nSPS) is 10.8. The van der Waals surface area contributed by atoms with Crippen LogP contribution in [0.2, 0.25) is 0 Å². The molecule has 0 heterocycles. The molecule has 0 spiro atoms. The monoisotopic (exact) mass is 260 g/mol. The van der Waals surface area contributed by atoms with E-state index < -0.39 is 0 Å². The summed E-state index contributed by atoms with van der Waals surface area (Å²) < 4.78 is 0. The van der Waals surface area contributed by atoms with Crippen molar-refractivity contribution in [1.29, 1.82) is 5.26 Å². The summed E-state index contributed by atoms with van der Waals surface area (Å²) in [6.07, 6.45) is 0.898. The van der Waals surface area contributed by atoms with Crippen molar-refractivity contribution in [2.45, 2.75) is 20.3 Å². The first-order chi connectivity index (χ1) is 9.69. The summed E-state index contributed by atoms with van der Waals surface area (Å²) in [7, 11) is 0. The lowest BCUT2D eigenvalue weighted by molar-refractivity contribution is 1.13. The van der Waals surface area contributed by atoms with Crippen molar-refractivity contribution in [3.05, 3.63) is 53.1 Å². The van der Waals surface area contributed by atoms with E-state index in [1.807, 2.05) is 19.1 Å². The molecule has 2 heteroatoms. The van der Waals surface area contributed by atoms with Crippen molar-refractivity contribution in [2.75, 3.05) is 5.73 Å². The van der Waals surface area contributed by atoms with Crippen molar-refractivity contribution in [3.8, 4) is 6.07 Å². The van der Waals surface area contributed by atoms with Crippen LogP contribution < -0.4 is 5.73 Å². The molecule has 0 aromatic heterocycles. The van der Waals surface area contributed by atoms with Gasteiger partial charge in [-0.1, -0.05) is 43.3 Å². The van der Waals surface area contributed by atoms with E-state index in [0.29, 0.717) is 11.3 Å². The second kappa shape index (κ2) is 4.54. The summed E-state index contributed by atoms with van der Waals surface area (Å²) in [5.74, 6) is 0. The zero-order chi connectivity index (χ0) is 14.3. The molecule has 0 aliphatic carbocycles. The molecule has 0 unspecified atom stereocenters. The van der Waals surface area contributed by atoms with Crippen LogP contribution in [0.3, 0.4) is 0 Å². The number of rotatable bonds is 1. The number of anilines is 1. The van der Waals surface area contributed by atoms with Crippen molar-refractivity contribution < 1.29 is 0 Å². The number of fused-ring (bicyclic) bond motifs is 3. The van der Waals surface area contributed by atoms with Gasteiger partial charge in [0, 0.05) is 5.39 Å². The van der Waals surface area contributed by atoms with Crippen molar-refractivity contribution in [3.63, 3.8) is 0 Å². The van der Waals surface area contributed by atoms with E-state index in [1.165, 1.54) is 10.9 Å². The van der Waals surface area contributed by atoms with Gasteiger partial charge in [-0.05, 0) is 40.6 Å². The molecule has 2 nitrogen and oxygen atoms in total. The first-order valence-electron chi connectivity index (χ1n) is 6.81. The Kier molecular flexibility index (Phi) is 2.84. The summed E-state index contributed by atoms with van der Waals surface area (Å²) in [5, 5.41) is 13.9. The third-order valence-electron chi connectivity index (χ3n) is 4.09. The molecule has 0 aliphatic heterocycles. The second-order valence-electron chi connectivity index (χ2n) is 5.07. The third kappa shape index (κ3) is 1.57. The fraction of sp³-hybridized carbons (Fsp3) is 0.167. The Balaban J connectivity index is 2.65. The molecular weight excluding hydrogens is 244 g/mol. The molecule has 0 amide bonds. The van der Waals surface area contributed by atoms with E-state index in [4.69, 9.17) is 5.73 Å². The van der Waals surface area contributed by atoms with Crippen molar-refractivity contribution in [1.82, 2.24) is 0 Å². The molecule has 98 valence electrons. The smallest absolute Gasteiger partial charge is 0.102 e. The van der Waals surface area contributed by atoms with Gasteiger partial charge in [-0.2, -0.15) is 5.26 Å². The number of nitrogen functional groups attached to an aromatic ring is 1. The lowest BCUT2D eigenvalue weighted by atomic mass is 9.89. The SMILES string of the molecule is CCc1c(C)c(C#N)c(N)c2c1ccc1ccccc12. The number of aryl methyl sites for hydroxylation is 1.